The molecule has 0 saturated carbocycles. The molecular formula is C22H23NO4. The summed E-state index contributed by atoms with van der Waals surface area (Å²) in [6.07, 6.45) is -0.457. The van der Waals surface area contributed by atoms with Gasteiger partial charge in [0.05, 0.1) is 23.9 Å². The molecule has 0 saturated heterocycles. The predicted octanol–water partition coefficient (Wildman–Crippen LogP) is 4.76. The van der Waals surface area contributed by atoms with E-state index in [1.807, 2.05) is 56.3 Å². The van der Waals surface area contributed by atoms with E-state index in [-0.39, 0.29) is 5.97 Å². The second kappa shape index (κ2) is 8.75. The van der Waals surface area contributed by atoms with Crippen LogP contribution < -0.4 is 0 Å². The van der Waals surface area contributed by atoms with Crippen molar-refractivity contribution in [2.24, 2.45) is 0 Å². The number of carbonyl (C=O) groups is 1. The van der Waals surface area contributed by atoms with Crippen molar-refractivity contribution >= 4 is 16.9 Å². The van der Waals surface area contributed by atoms with E-state index in [2.05, 4.69) is 0 Å². The minimum Gasteiger partial charge on any atom is -0.465 e. The molecule has 5 nitrogen and oxygen atoms in total. The maximum Gasteiger partial charge on any atom is 0.337 e. The third-order valence-electron chi connectivity index (χ3n) is 4.24. The first-order valence-electron chi connectivity index (χ1n) is 8.99. The van der Waals surface area contributed by atoms with Gasteiger partial charge >= 0.3 is 5.97 Å². The van der Waals surface area contributed by atoms with Crippen molar-refractivity contribution in [1.29, 1.82) is 0 Å². The van der Waals surface area contributed by atoms with Crippen LogP contribution in [0.1, 0.15) is 36.1 Å². The molecule has 0 bridgehead atoms. The van der Waals surface area contributed by atoms with E-state index in [1.54, 1.807) is 12.1 Å². The number of pyridine rings is 1. The lowest BCUT2D eigenvalue weighted by Crippen LogP contribution is -2.10. The van der Waals surface area contributed by atoms with Crippen LogP contribution in [-0.4, -0.2) is 31.3 Å². The van der Waals surface area contributed by atoms with Crippen molar-refractivity contribution in [3.8, 4) is 11.3 Å². The second-order valence-electron chi connectivity index (χ2n) is 5.93. The monoisotopic (exact) mass is 365 g/mol. The molecule has 0 aliphatic carbocycles. The van der Waals surface area contributed by atoms with E-state index >= 15 is 0 Å². The Kier molecular flexibility index (Phi) is 6.16. The van der Waals surface area contributed by atoms with Gasteiger partial charge in [0.15, 0.2) is 6.29 Å². The van der Waals surface area contributed by atoms with Gasteiger partial charge in [-0.15, -0.1) is 0 Å². The van der Waals surface area contributed by atoms with Crippen molar-refractivity contribution in [3.05, 3.63) is 65.7 Å². The summed E-state index contributed by atoms with van der Waals surface area (Å²) in [5, 5.41) is 0.999. The third kappa shape index (κ3) is 4.15. The summed E-state index contributed by atoms with van der Waals surface area (Å²) in [6.45, 7) is 4.98. The van der Waals surface area contributed by atoms with E-state index in [0.29, 0.717) is 18.8 Å². The van der Waals surface area contributed by atoms with Crippen LogP contribution >= 0.6 is 0 Å². The number of para-hydroxylation sites is 1. The maximum atomic E-state index is 11.7. The lowest BCUT2D eigenvalue weighted by Gasteiger charge is -2.20. The fourth-order valence-corrected chi connectivity index (χ4v) is 2.97. The molecule has 0 radical (unpaired) electrons. The molecule has 2 aromatic carbocycles. The Morgan fingerprint density at radius 3 is 2.30 bits per heavy atom. The van der Waals surface area contributed by atoms with Gasteiger partial charge in [0.1, 0.15) is 0 Å². The first-order chi connectivity index (χ1) is 13.2. The molecular weight excluding hydrogens is 342 g/mol. The minimum atomic E-state index is -0.457. The summed E-state index contributed by atoms with van der Waals surface area (Å²) in [6, 6.07) is 17.1. The molecule has 1 aromatic heterocycles. The molecule has 0 aliphatic heterocycles. The van der Waals surface area contributed by atoms with Gasteiger partial charge in [0.25, 0.3) is 0 Å². The highest BCUT2D eigenvalue weighted by molar-refractivity contribution is 5.90. The van der Waals surface area contributed by atoms with Crippen LogP contribution in [-0.2, 0) is 14.2 Å². The second-order valence-corrected chi connectivity index (χ2v) is 5.93. The number of esters is 1. The van der Waals surface area contributed by atoms with E-state index in [0.717, 1.165) is 27.7 Å². The number of fused-ring (bicyclic) bond motifs is 1. The van der Waals surface area contributed by atoms with Crippen molar-refractivity contribution in [2.75, 3.05) is 20.3 Å². The van der Waals surface area contributed by atoms with Crippen molar-refractivity contribution in [3.63, 3.8) is 0 Å². The molecule has 1 heterocycles. The van der Waals surface area contributed by atoms with Crippen LogP contribution in [0.4, 0.5) is 0 Å². The first kappa shape index (κ1) is 19.0. The standard InChI is InChI=1S/C22H23NO4/c1-4-26-22(27-5-2)18-14-20(23-19-9-7-6-8-17(18)19)15-10-12-16(13-11-15)21(24)25-3/h6-14,22H,4-5H2,1-3H3. The van der Waals surface area contributed by atoms with Crippen LogP contribution in [0.2, 0.25) is 0 Å². The molecule has 0 spiro atoms. The summed E-state index contributed by atoms with van der Waals surface area (Å²) >= 11 is 0. The zero-order chi connectivity index (χ0) is 19.2. The van der Waals surface area contributed by atoms with Gasteiger partial charge in [-0.2, -0.15) is 0 Å². The van der Waals surface area contributed by atoms with Gasteiger partial charge in [0, 0.05) is 29.7 Å². The van der Waals surface area contributed by atoms with Crippen LogP contribution in [0.3, 0.4) is 0 Å². The number of methoxy groups -OCH3 is 1. The average Bonchev–Trinajstić information content (AvgIpc) is 2.72. The SMILES string of the molecule is CCOC(OCC)c1cc(-c2ccc(C(=O)OC)cc2)nc2ccccc12. The van der Waals surface area contributed by atoms with Gasteiger partial charge in [-0.05, 0) is 38.1 Å². The number of hydrogen-bond acceptors (Lipinski definition) is 5. The number of carbonyl (C=O) groups excluding carboxylic acids is 1. The highest BCUT2D eigenvalue weighted by atomic mass is 16.7. The molecule has 5 heteroatoms. The highest BCUT2D eigenvalue weighted by Gasteiger charge is 2.17. The lowest BCUT2D eigenvalue weighted by atomic mass is 10.0. The highest BCUT2D eigenvalue weighted by Crippen LogP contribution is 2.31. The van der Waals surface area contributed by atoms with Crippen LogP contribution in [0.15, 0.2) is 54.6 Å². The molecule has 3 aromatic rings. The van der Waals surface area contributed by atoms with Gasteiger partial charge in [0.2, 0.25) is 0 Å². The van der Waals surface area contributed by atoms with Crippen molar-refractivity contribution < 1.29 is 19.0 Å². The Morgan fingerprint density at radius 2 is 1.67 bits per heavy atom. The number of aromatic nitrogens is 1. The summed E-state index contributed by atoms with van der Waals surface area (Å²) in [5.74, 6) is -0.360. The zero-order valence-corrected chi connectivity index (χ0v) is 15.8. The Balaban J connectivity index is 2.09. The number of nitrogens with zero attached hydrogens (tertiary/aromatic N) is 1. The Hall–Kier alpha value is -2.76. The van der Waals surface area contributed by atoms with Crippen molar-refractivity contribution in [1.82, 2.24) is 4.98 Å². The molecule has 140 valence electrons. The predicted molar refractivity (Wildman–Crippen MR) is 105 cm³/mol. The molecule has 27 heavy (non-hydrogen) atoms. The summed E-state index contributed by atoms with van der Waals surface area (Å²) in [4.78, 5) is 16.4. The molecule has 0 fully saturated rings. The minimum absolute atomic E-state index is 0.360. The maximum absolute atomic E-state index is 11.7. The number of hydrogen-bond donors (Lipinski definition) is 0. The molecule has 3 rings (SSSR count). The fraction of sp³-hybridized carbons (Fsp3) is 0.273. The van der Waals surface area contributed by atoms with E-state index in [9.17, 15) is 4.79 Å². The Bertz CT molecular complexity index is 915. The third-order valence-corrected chi connectivity index (χ3v) is 4.24. The van der Waals surface area contributed by atoms with Gasteiger partial charge in [-0.25, -0.2) is 9.78 Å². The average molecular weight is 365 g/mol. The number of benzene rings is 2. The normalized spacial score (nSPS) is 11.1. The largest absolute Gasteiger partial charge is 0.465 e. The smallest absolute Gasteiger partial charge is 0.337 e. The first-order valence-corrected chi connectivity index (χ1v) is 8.99. The van der Waals surface area contributed by atoms with Gasteiger partial charge < -0.3 is 14.2 Å². The number of rotatable bonds is 7. The Morgan fingerprint density at radius 1 is 1.00 bits per heavy atom. The fourth-order valence-electron chi connectivity index (χ4n) is 2.97. The number of ether oxygens (including phenoxy) is 3. The van der Waals surface area contributed by atoms with Gasteiger partial charge in [-0.3, -0.25) is 0 Å². The molecule has 0 atom stereocenters. The quantitative estimate of drug-likeness (QED) is 0.446. The molecule has 0 unspecified atom stereocenters. The molecule has 0 amide bonds. The summed E-state index contributed by atoms with van der Waals surface area (Å²) in [7, 11) is 1.37. The lowest BCUT2D eigenvalue weighted by molar-refractivity contribution is -0.139. The van der Waals surface area contributed by atoms with Crippen LogP contribution in [0, 0.1) is 0 Å². The Labute approximate surface area is 158 Å². The summed E-state index contributed by atoms with van der Waals surface area (Å²) < 4.78 is 16.4. The molecule has 0 N–H and O–H groups in total. The van der Waals surface area contributed by atoms with Crippen molar-refractivity contribution in [2.45, 2.75) is 20.1 Å². The van der Waals surface area contributed by atoms with Gasteiger partial charge in [-0.1, -0.05) is 30.3 Å². The topological polar surface area (TPSA) is 57.7 Å². The zero-order valence-electron chi connectivity index (χ0n) is 15.8. The molecule has 0 aliphatic rings. The van der Waals surface area contributed by atoms with E-state index in [4.69, 9.17) is 19.2 Å². The summed E-state index contributed by atoms with van der Waals surface area (Å²) in [5.41, 5.74) is 4.01. The van der Waals surface area contributed by atoms with Crippen LogP contribution in [0.5, 0.6) is 0 Å². The van der Waals surface area contributed by atoms with Crippen LogP contribution in [0.25, 0.3) is 22.2 Å². The van der Waals surface area contributed by atoms with E-state index in [1.165, 1.54) is 7.11 Å². The van der Waals surface area contributed by atoms with E-state index < -0.39 is 6.29 Å².